The van der Waals surface area contributed by atoms with E-state index in [-0.39, 0.29) is 5.82 Å². The third-order valence-corrected chi connectivity index (χ3v) is 3.79. The molecule has 2 unspecified atom stereocenters. The monoisotopic (exact) mass is 221 g/mol. The van der Waals surface area contributed by atoms with Crippen LogP contribution in [0.5, 0.6) is 0 Å². The van der Waals surface area contributed by atoms with Crippen LogP contribution in [-0.2, 0) is 0 Å². The lowest BCUT2D eigenvalue weighted by Gasteiger charge is -2.25. The maximum absolute atomic E-state index is 13.6. The molecule has 1 aliphatic rings. The Hall–Kier alpha value is -1.05. The molecule has 0 aromatic heterocycles. The number of anilines is 1. The largest absolute Gasteiger partial charge is 0.382 e. The number of nitrogens with one attached hydrogen (secondary N) is 1. The second-order valence-corrected chi connectivity index (χ2v) is 5.01. The Morgan fingerprint density at radius 1 is 1.44 bits per heavy atom. The first-order valence-electron chi connectivity index (χ1n) is 6.17. The molecular formula is C14H20FN. The minimum Gasteiger partial charge on any atom is -0.382 e. The minimum atomic E-state index is -0.112. The molecule has 0 saturated carbocycles. The van der Waals surface area contributed by atoms with Gasteiger partial charge in [0.1, 0.15) is 5.82 Å². The number of rotatable bonds is 3. The van der Waals surface area contributed by atoms with Crippen LogP contribution in [0.4, 0.5) is 10.1 Å². The van der Waals surface area contributed by atoms with E-state index in [4.69, 9.17) is 0 Å². The molecule has 1 N–H and O–H groups in total. The Kier molecular flexibility index (Phi) is 3.17. The molecule has 0 aliphatic carbocycles. The van der Waals surface area contributed by atoms with Crippen molar-refractivity contribution in [2.45, 2.75) is 33.1 Å². The van der Waals surface area contributed by atoms with Gasteiger partial charge in [0.05, 0.1) is 5.69 Å². The van der Waals surface area contributed by atoms with Gasteiger partial charge in [-0.25, -0.2) is 4.39 Å². The number of halogens is 1. The standard InChI is InChI=1S/C14H20FN/c1-4-10(9(2)3)12-8-16-14-11(12)6-5-7-13(14)15/h5-7,9-10,12,16H,4,8H2,1-3H3. The fourth-order valence-corrected chi connectivity index (χ4v) is 2.96. The van der Waals surface area contributed by atoms with Crippen LogP contribution in [0.1, 0.15) is 38.7 Å². The molecule has 0 spiro atoms. The van der Waals surface area contributed by atoms with Crippen molar-refractivity contribution in [2.75, 3.05) is 11.9 Å². The summed E-state index contributed by atoms with van der Waals surface area (Å²) in [7, 11) is 0. The van der Waals surface area contributed by atoms with E-state index >= 15 is 0 Å². The van der Waals surface area contributed by atoms with Gasteiger partial charge in [-0.2, -0.15) is 0 Å². The summed E-state index contributed by atoms with van der Waals surface area (Å²) in [6, 6.07) is 5.42. The highest BCUT2D eigenvalue weighted by Gasteiger charge is 2.31. The molecule has 1 nitrogen and oxygen atoms in total. The van der Waals surface area contributed by atoms with Gasteiger partial charge in [0, 0.05) is 12.5 Å². The molecule has 1 aromatic rings. The van der Waals surface area contributed by atoms with Gasteiger partial charge in [0.2, 0.25) is 0 Å². The lowest BCUT2D eigenvalue weighted by molar-refractivity contribution is 0.321. The van der Waals surface area contributed by atoms with E-state index in [0.717, 1.165) is 18.7 Å². The Morgan fingerprint density at radius 3 is 2.81 bits per heavy atom. The third-order valence-electron chi connectivity index (χ3n) is 3.79. The molecule has 0 fully saturated rings. The maximum Gasteiger partial charge on any atom is 0.146 e. The molecule has 2 rings (SSSR count). The number of benzene rings is 1. The molecule has 0 radical (unpaired) electrons. The molecule has 1 heterocycles. The van der Waals surface area contributed by atoms with E-state index in [2.05, 4.69) is 32.2 Å². The first kappa shape index (κ1) is 11.4. The Morgan fingerprint density at radius 2 is 2.19 bits per heavy atom. The summed E-state index contributed by atoms with van der Waals surface area (Å²) in [6.07, 6.45) is 1.15. The highest BCUT2D eigenvalue weighted by atomic mass is 19.1. The van der Waals surface area contributed by atoms with Gasteiger partial charge in [-0.05, 0) is 23.5 Å². The summed E-state index contributed by atoms with van der Waals surface area (Å²) >= 11 is 0. The average molecular weight is 221 g/mol. The van der Waals surface area contributed by atoms with Gasteiger partial charge >= 0.3 is 0 Å². The van der Waals surface area contributed by atoms with Crippen molar-refractivity contribution >= 4 is 5.69 Å². The molecule has 0 bridgehead atoms. The van der Waals surface area contributed by atoms with Crippen LogP contribution >= 0.6 is 0 Å². The van der Waals surface area contributed by atoms with Crippen LogP contribution in [0, 0.1) is 17.7 Å². The molecule has 2 atom stereocenters. The first-order valence-corrected chi connectivity index (χ1v) is 6.17. The van der Waals surface area contributed by atoms with E-state index in [0.29, 0.717) is 17.8 Å². The van der Waals surface area contributed by atoms with E-state index in [1.165, 1.54) is 11.6 Å². The quantitative estimate of drug-likeness (QED) is 0.813. The van der Waals surface area contributed by atoms with Crippen molar-refractivity contribution in [1.82, 2.24) is 0 Å². The normalized spacial score (nSPS) is 20.7. The zero-order valence-electron chi connectivity index (χ0n) is 10.3. The van der Waals surface area contributed by atoms with E-state index in [1.807, 2.05) is 6.07 Å². The lowest BCUT2D eigenvalue weighted by atomic mass is 9.79. The lowest BCUT2D eigenvalue weighted by Crippen LogP contribution is -2.19. The van der Waals surface area contributed by atoms with Gasteiger partial charge in [-0.3, -0.25) is 0 Å². The first-order chi connectivity index (χ1) is 7.65. The highest BCUT2D eigenvalue weighted by Crippen LogP contribution is 2.41. The van der Waals surface area contributed by atoms with Gasteiger partial charge in [-0.15, -0.1) is 0 Å². The molecule has 0 saturated heterocycles. The van der Waals surface area contributed by atoms with E-state index < -0.39 is 0 Å². The zero-order valence-corrected chi connectivity index (χ0v) is 10.3. The van der Waals surface area contributed by atoms with Crippen molar-refractivity contribution in [3.63, 3.8) is 0 Å². The third kappa shape index (κ3) is 1.81. The fraction of sp³-hybridized carbons (Fsp3) is 0.571. The van der Waals surface area contributed by atoms with Gasteiger partial charge < -0.3 is 5.32 Å². The number of fused-ring (bicyclic) bond motifs is 1. The van der Waals surface area contributed by atoms with Gasteiger partial charge in [0.25, 0.3) is 0 Å². The molecule has 88 valence electrons. The van der Waals surface area contributed by atoms with Gasteiger partial charge in [-0.1, -0.05) is 39.3 Å². The Bertz CT molecular complexity index is 373. The number of hydrogen-bond donors (Lipinski definition) is 1. The molecule has 1 aromatic carbocycles. The van der Waals surface area contributed by atoms with Crippen LogP contribution < -0.4 is 5.32 Å². The van der Waals surface area contributed by atoms with Crippen molar-refractivity contribution < 1.29 is 4.39 Å². The van der Waals surface area contributed by atoms with Gasteiger partial charge in [0.15, 0.2) is 0 Å². The van der Waals surface area contributed by atoms with Crippen LogP contribution in [-0.4, -0.2) is 6.54 Å². The molecule has 16 heavy (non-hydrogen) atoms. The second-order valence-electron chi connectivity index (χ2n) is 5.01. The zero-order chi connectivity index (χ0) is 11.7. The Balaban J connectivity index is 2.32. The summed E-state index contributed by atoms with van der Waals surface area (Å²) in [4.78, 5) is 0. The second kappa shape index (κ2) is 4.44. The van der Waals surface area contributed by atoms with Crippen molar-refractivity contribution in [3.8, 4) is 0 Å². The van der Waals surface area contributed by atoms with Crippen LogP contribution in [0.15, 0.2) is 18.2 Å². The summed E-state index contributed by atoms with van der Waals surface area (Å²) in [5, 5.41) is 3.21. The molecule has 2 heteroatoms. The summed E-state index contributed by atoms with van der Waals surface area (Å²) in [5.74, 6) is 1.64. The Labute approximate surface area is 97.1 Å². The molecule has 1 aliphatic heterocycles. The average Bonchev–Trinajstić information content (AvgIpc) is 2.64. The predicted octanol–water partition coefficient (Wildman–Crippen LogP) is 4.02. The van der Waals surface area contributed by atoms with E-state index in [1.54, 1.807) is 0 Å². The number of hydrogen-bond acceptors (Lipinski definition) is 1. The van der Waals surface area contributed by atoms with Crippen LogP contribution in [0.25, 0.3) is 0 Å². The van der Waals surface area contributed by atoms with E-state index in [9.17, 15) is 4.39 Å². The topological polar surface area (TPSA) is 12.0 Å². The highest BCUT2D eigenvalue weighted by molar-refractivity contribution is 5.58. The minimum absolute atomic E-state index is 0.112. The van der Waals surface area contributed by atoms with Crippen molar-refractivity contribution in [2.24, 2.45) is 11.8 Å². The fourth-order valence-electron chi connectivity index (χ4n) is 2.96. The number of para-hydroxylation sites is 1. The van der Waals surface area contributed by atoms with Crippen molar-refractivity contribution in [1.29, 1.82) is 0 Å². The SMILES string of the molecule is CCC(C(C)C)C1CNc2c(F)cccc21. The summed E-state index contributed by atoms with van der Waals surface area (Å²) in [5.41, 5.74) is 1.90. The smallest absolute Gasteiger partial charge is 0.146 e. The maximum atomic E-state index is 13.6. The van der Waals surface area contributed by atoms with Crippen molar-refractivity contribution in [3.05, 3.63) is 29.6 Å². The summed E-state index contributed by atoms with van der Waals surface area (Å²) < 4.78 is 13.6. The summed E-state index contributed by atoms with van der Waals surface area (Å²) in [6.45, 7) is 7.62. The predicted molar refractivity (Wildman–Crippen MR) is 66.2 cm³/mol. The van der Waals surface area contributed by atoms with Crippen LogP contribution in [0.2, 0.25) is 0 Å². The molecule has 0 amide bonds. The molecular weight excluding hydrogens is 201 g/mol. The van der Waals surface area contributed by atoms with Crippen LogP contribution in [0.3, 0.4) is 0 Å².